The number of aliphatic hydroxyl groups excluding tert-OH is 2. The van der Waals surface area contributed by atoms with Crippen molar-refractivity contribution in [3.63, 3.8) is 0 Å². The molecule has 0 amide bonds. The first-order valence-corrected chi connectivity index (χ1v) is 9.70. The molecule has 4 aliphatic carbocycles. The molecule has 0 radical (unpaired) electrons. The summed E-state index contributed by atoms with van der Waals surface area (Å²) >= 11 is 0. The van der Waals surface area contributed by atoms with Gasteiger partial charge in [-0.15, -0.1) is 0 Å². The van der Waals surface area contributed by atoms with Crippen molar-refractivity contribution in [3.8, 4) is 0 Å². The molecular formula is C21H30O4. The first kappa shape index (κ1) is 17.4. The lowest BCUT2D eigenvalue weighted by Gasteiger charge is -2.59. The van der Waals surface area contributed by atoms with Crippen molar-refractivity contribution < 1.29 is 20.1 Å². The zero-order chi connectivity index (χ0) is 18.0. The molecule has 0 aromatic carbocycles. The molecular weight excluding hydrogens is 316 g/mol. The number of fused-ring (bicyclic) bond motifs is 5. The minimum Gasteiger partial charge on any atom is -0.393 e. The number of carbonyl (C=O) groups is 1. The van der Waals surface area contributed by atoms with Crippen LogP contribution < -0.4 is 0 Å². The van der Waals surface area contributed by atoms with Gasteiger partial charge in [-0.25, -0.2) is 0 Å². The van der Waals surface area contributed by atoms with Crippen LogP contribution >= 0.6 is 0 Å². The highest BCUT2D eigenvalue weighted by Crippen LogP contribution is 2.66. The van der Waals surface area contributed by atoms with E-state index in [1.54, 1.807) is 0 Å². The summed E-state index contributed by atoms with van der Waals surface area (Å²) in [4.78, 5) is 12.4. The Balaban J connectivity index is 1.76. The van der Waals surface area contributed by atoms with Crippen LogP contribution in [0.1, 0.15) is 52.4 Å². The zero-order valence-electron chi connectivity index (χ0n) is 15.2. The Morgan fingerprint density at radius 1 is 1.32 bits per heavy atom. The molecule has 0 aromatic heterocycles. The van der Waals surface area contributed by atoms with Gasteiger partial charge in [-0.1, -0.05) is 32.1 Å². The van der Waals surface area contributed by atoms with Crippen molar-refractivity contribution in [2.45, 2.75) is 64.1 Å². The molecule has 3 N–H and O–H groups in total. The Morgan fingerprint density at radius 3 is 2.80 bits per heavy atom. The Labute approximate surface area is 149 Å². The molecule has 2 fully saturated rings. The third-order valence-corrected chi connectivity index (χ3v) is 8.34. The molecule has 0 spiro atoms. The summed E-state index contributed by atoms with van der Waals surface area (Å²) in [5.41, 5.74) is -0.822. The van der Waals surface area contributed by atoms with E-state index in [2.05, 4.69) is 25.2 Å². The monoisotopic (exact) mass is 346 g/mol. The van der Waals surface area contributed by atoms with Crippen molar-refractivity contribution in [2.24, 2.45) is 28.6 Å². The molecule has 138 valence electrons. The van der Waals surface area contributed by atoms with Gasteiger partial charge in [0, 0.05) is 5.41 Å². The minimum absolute atomic E-state index is 0.0138. The van der Waals surface area contributed by atoms with Crippen LogP contribution in [0.3, 0.4) is 0 Å². The Hall–Kier alpha value is -0.970. The predicted octanol–water partition coefficient (Wildman–Crippen LogP) is 2.38. The summed E-state index contributed by atoms with van der Waals surface area (Å²) in [6, 6.07) is 0. The fourth-order valence-corrected chi connectivity index (χ4v) is 7.03. The van der Waals surface area contributed by atoms with Crippen molar-refractivity contribution >= 4 is 5.78 Å². The standard InChI is InChI=1S/C21H30O4/c1-19-9-4-3-5-13(19)6-7-14-15-8-10-21(25,17(24)12-22)20(15,2)11-16(23)18(14)19/h3,5-6,14-16,18,22-23,25H,4,7-12H2,1-2H3/t14-,15-,16-,18+,19-,20-,21-/m0/s1. The molecule has 4 nitrogen and oxygen atoms in total. The number of hydrogen-bond donors (Lipinski definition) is 3. The van der Waals surface area contributed by atoms with E-state index in [1.165, 1.54) is 5.57 Å². The van der Waals surface area contributed by atoms with E-state index in [-0.39, 0.29) is 23.2 Å². The van der Waals surface area contributed by atoms with Crippen molar-refractivity contribution in [1.82, 2.24) is 0 Å². The highest BCUT2D eigenvalue weighted by atomic mass is 16.3. The lowest BCUT2D eigenvalue weighted by Crippen LogP contribution is -2.61. The van der Waals surface area contributed by atoms with Crippen LogP contribution in [0.5, 0.6) is 0 Å². The van der Waals surface area contributed by atoms with Crippen LogP contribution in [0.25, 0.3) is 0 Å². The third kappa shape index (κ3) is 2.08. The summed E-state index contributed by atoms with van der Waals surface area (Å²) < 4.78 is 0. The molecule has 0 unspecified atom stereocenters. The van der Waals surface area contributed by atoms with E-state index in [0.717, 1.165) is 25.7 Å². The van der Waals surface area contributed by atoms with Gasteiger partial charge in [0.05, 0.1) is 6.10 Å². The van der Waals surface area contributed by atoms with Gasteiger partial charge in [0.1, 0.15) is 12.2 Å². The number of aliphatic hydroxyl groups is 3. The van der Waals surface area contributed by atoms with E-state index in [9.17, 15) is 20.1 Å². The number of hydrogen-bond acceptors (Lipinski definition) is 4. The number of rotatable bonds is 2. The molecule has 0 saturated heterocycles. The SMILES string of the molecule is C[C@]12CCC=CC1=CC[C@@H]1[C@@H]2[C@@H](O)C[C@@]2(C)[C@H]1CC[C@]2(O)C(=O)CO. The van der Waals surface area contributed by atoms with E-state index in [0.29, 0.717) is 12.8 Å². The third-order valence-electron chi connectivity index (χ3n) is 8.34. The van der Waals surface area contributed by atoms with Gasteiger partial charge in [-0.05, 0) is 67.3 Å². The number of Topliss-reactive ketones (excluding diaryl/α,β-unsaturated/α-hetero) is 1. The summed E-state index contributed by atoms with van der Waals surface area (Å²) in [5, 5.41) is 31.7. The highest BCUT2D eigenvalue weighted by Gasteiger charge is 2.67. The molecule has 0 heterocycles. The van der Waals surface area contributed by atoms with Crippen LogP contribution in [0.15, 0.2) is 23.8 Å². The first-order chi connectivity index (χ1) is 11.8. The molecule has 0 aliphatic heterocycles. The second kappa shape index (κ2) is 5.51. The largest absolute Gasteiger partial charge is 0.393 e. The molecule has 25 heavy (non-hydrogen) atoms. The van der Waals surface area contributed by atoms with Gasteiger partial charge in [0.15, 0.2) is 5.78 Å². The van der Waals surface area contributed by atoms with Gasteiger partial charge in [-0.3, -0.25) is 4.79 Å². The van der Waals surface area contributed by atoms with Crippen LogP contribution in [0.4, 0.5) is 0 Å². The first-order valence-electron chi connectivity index (χ1n) is 9.70. The minimum atomic E-state index is -1.50. The molecule has 2 saturated carbocycles. The summed E-state index contributed by atoms with van der Waals surface area (Å²) in [5.74, 6) is 0.195. The summed E-state index contributed by atoms with van der Waals surface area (Å²) in [6.07, 6.45) is 10.9. The van der Waals surface area contributed by atoms with Gasteiger partial charge in [0.25, 0.3) is 0 Å². The normalized spacial score (nSPS) is 51.3. The molecule has 4 heteroatoms. The average molecular weight is 346 g/mol. The number of allylic oxidation sites excluding steroid dienone is 4. The van der Waals surface area contributed by atoms with Gasteiger partial charge < -0.3 is 15.3 Å². The topological polar surface area (TPSA) is 77.8 Å². The second-order valence-electron chi connectivity index (χ2n) is 9.22. The maximum Gasteiger partial charge on any atom is 0.190 e. The van der Waals surface area contributed by atoms with Gasteiger partial charge in [-0.2, -0.15) is 0 Å². The van der Waals surface area contributed by atoms with Gasteiger partial charge in [0.2, 0.25) is 0 Å². The molecule has 4 aliphatic rings. The fraction of sp³-hybridized carbons (Fsp3) is 0.762. The van der Waals surface area contributed by atoms with Crippen LogP contribution in [0.2, 0.25) is 0 Å². The Morgan fingerprint density at radius 2 is 2.08 bits per heavy atom. The maximum absolute atomic E-state index is 12.4. The second-order valence-corrected chi connectivity index (χ2v) is 9.22. The van der Waals surface area contributed by atoms with Crippen molar-refractivity contribution in [3.05, 3.63) is 23.8 Å². The van der Waals surface area contributed by atoms with E-state index < -0.39 is 29.5 Å². The average Bonchev–Trinajstić information content (AvgIpc) is 2.85. The molecule has 0 aromatic rings. The smallest absolute Gasteiger partial charge is 0.190 e. The quantitative estimate of drug-likeness (QED) is 0.717. The number of ketones is 1. The summed E-state index contributed by atoms with van der Waals surface area (Å²) in [6.45, 7) is 3.61. The maximum atomic E-state index is 12.4. The Kier molecular flexibility index (Phi) is 3.85. The van der Waals surface area contributed by atoms with Crippen LogP contribution in [0, 0.1) is 28.6 Å². The number of carbonyl (C=O) groups excluding carboxylic acids is 1. The van der Waals surface area contributed by atoms with E-state index >= 15 is 0 Å². The fourth-order valence-electron chi connectivity index (χ4n) is 7.03. The summed E-state index contributed by atoms with van der Waals surface area (Å²) in [7, 11) is 0. The van der Waals surface area contributed by atoms with E-state index in [1.807, 2.05) is 6.92 Å². The van der Waals surface area contributed by atoms with Crippen molar-refractivity contribution in [2.75, 3.05) is 6.61 Å². The van der Waals surface area contributed by atoms with Crippen molar-refractivity contribution in [1.29, 1.82) is 0 Å². The molecule has 0 bridgehead atoms. The predicted molar refractivity (Wildman–Crippen MR) is 94.7 cm³/mol. The van der Waals surface area contributed by atoms with Gasteiger partial charge >= 0.3 is 0 Å². The Bertz CT molecular complexity index is 652. The van der Waals surface area contributed by atoms with E-state index in [4.69, 9.17) is 0 Å². The lowest BCUT2D eigenvalue weighted by atomic mass is 9.46. The zero-order valence-corrected chi connectivity index (χ0v) is 15.2. The molecule has 4 rings (SSSR count). The molecule has 7 atom stereocenters. The van der Waals surface area contributed by atoms with Crippen LogP contribution in [-0.4, -0.2) is 39.4 Å². The highest BCUT2D eigenvalue weighted by molar-refractivity contribution is 5.89. The lowest BCUT2D eigenvalue weighted by molar-refractivity contribution is -0.178. The van der Waals surface area contributed by atoms with Crippen LogP contribution in [-0.2, 0) is 4.79 Å².